The number of amides is 3. The Morgan fingerprint density at radius 2 is 1.97 bits per heavy atom. The Morgan fingerprint density at radius 1 is 1.24 bits per heavy atom. The summed E-state index contributed by atoms with van der Waals surface area (Å²) in [6.45, 7) is 9.12. The number of allylic oxidation sites excluding steroid dienone is 1. The molecular weight excluding hydrogens is 434 g/mol. The van der Waals surface area contributed by atoms with Crippen molar-refractivity contribution in [1.29, 1.82) is 0 Å². The van der Waals surface area contributed by atoms with Crippen molar-refractivity contribution in [1.82, 2.24) is 25.0 Å². The number of nitrogens with one attached hydrogen (secondary N) is 2. The largest absolute Gasteiger partial charge is 0.396 e. The van der Waals surface area contributed by atoms with Gasteiger partial charge in [0, 0.05) is 55.4 Å². The molecule has 9 heteroatoms. The summed E-state index contributed by atoms with van der Waals surface area (Å²) in [4.78, 5) is 43.7. The molecule has 3 aliphatic heterocycles. The van der Waals surface area contributed by atoms with Gasteiger partial charge < -0.3 is 30.1 Å². The Labute approximate surface area is 200 Å². The standard InChI is InChI=1S/C25H37N5O4/c1-4-7-17-8-9-20-21-18(14-29(20)24(17)33)19(15-31)22(30(21)25(34)27-16(2)3)23(32)26-10-13-28-11-5-6-12-28/h4,7-9,16,18-19,21-22,31H,5-6,10-15H2,1-3H3,(H,26,32)(H,27,34)/t18-,19-,21+,22-/m0/s1. The van der Waals surface area contributed by atoms with E-state index in [1.165, 1.54) is 12.8 Å². The van der Waals surface area contributed by atoms with E-state index in [1.807, 2.05) is 32.9 Å². The molecule has 0 bridgehead atoms. The molecule has 3 aliphatic rings. The maximum Gasteiger partial charge on any atom is 0.318 e. The lowest BCUT2D eigenvalue weighted by Gasteiger charge is -2.32. The first-order chi connectivity index (χ1) is 16.4. The topological polar surface area (TPSA) is 107 Å². The van der Waals surface area contributed by atoms with Gasteiger partial charge in [-0.05, 0) is 58.8 Å². The van der Waals surface area contributed by atoms with Crippen molar-refractivity contribution >= 4 is 18.0 Å². The van der Waals surface area contributed by atoms with Crippen molar-refractivity contribution in [2.75, 3.05) is 32.8 Å². The van der Waals surface area contributed by atoms with Crippen LogP contribution in [0.5, 0.6) is 0 Å². The number of aliphatic hydroxyl groups excluding tert-OH is 1. The van der Waals surface area contributed by atoms with Gasteiger partial charge in [0.25, 0.3) is 5.56 Å². The van der Waals surface area contributed by atoms with Crippen molar-refractivity contribution in [2.24, 2.45) is 11.8 Å². The molecule has 3 amide bonds. The van der Waals surface area contributed by atoms with Gasteiger partial charge in [-0.25, -0.2) is 4.79 Å². The zero-order valence-corrected chi connectivity index (χ0v) is 20.4. The molecule has 186 valence electrons. The lowest BCUT2D eigenvalue weighted by Crippen LogP contribution is -2.54. The number of nitrogens with zero attached hydrogens (tertiary/aromatic N) is 3. The molecule has 0 saturated carbocycles. The Bertz CT molecular complexity index is 998. The summed E-state index contributed by atoms with van der Waals surface area (Å²) in [6, 6.07) is 1.94. The van der Waals surface area contributed by atoms with Crippen LogP contribution in [0.15, 0.2) is 23.0 Å². The molecule has 4 rings (SSSR count). The third-order valence-corrected chi connectivity index (χ3v) is 7.29. The molecule has 2 saturated heterocycles. The fourth-order valence-electron chi connectivity index (χ4n) is 5.80. The van der Waals surface area contributed by atoms with E-state index in [4.69, 9.17) is 0 Å². The number of carbonyl (C=O) groups excluding carboxylic acids is 2. The summed E-state index contributed by atoms with van der Waals surface area (Å²) in [5, 5.41) is 16.3. The summed E-state index contributed by atoms with van der Waals surface area (Å²) in [6.07, 6.45) is 5.96. The van der Waals surface area contributed by atoms with Crippen molar-refractivity contribution in [3.63, 3.8) is 0 Å². The minimum Gasteiger partial charge on any atom is -0.396 e. The SMILES string of the molecule is CC=Cc1ccc2n(c1=O)C[C@H]1[C@H](CO)[C@@H](C(=O)NCCN3CCCC3)N(C(=O)NC(C)C)[C@@H]21. The van der Waals surface area contributed by atoms with Crippen molar-refractivity contribution in [2.45, 2.75) is 58.3 Å². The fraction of sp³-hybridized carbons (Fsp3) is 0.640. The number of carbonyl (C=O) groups is 2. The fourth-order valence-corrected chi connectivity index (χ4v) is 5.80. The first kappa shape index (κ1) is 24.5. The number of aromatic nitrogens is 1. The quantitative estimate of drug-likeness (QED) is 0.554. The van der Waals surface area contributed by atoms with E-state index in [2.05, 4.69) is 15.5 Å². The molecule has 0 aliphatic carbocycles. The third-order valence-electron chi connectivity index (χ3n) is 7.29. The van der Waals surface area contributed by atoms with Crippen molar-refractivity contribution in [3.8, 4) is 0 Å². The van der Waals surface area contributed by atoms with Crippen LogP contribution >= 0.6 is 0 Å². The van der Waals surface area contributed by atoms with Gasteiger partial charge in [-0.15, -0.1) is 0 Å². The van der Waals surface area contributed by atoms with E-state index in [0.29, 0.717) is 24.3 Å². The summed E-state index contributed by atoms with van der Waals surface area (Å²) < 4.78 is 1.70. The second-order valence-corrected chi connectivity index (χ2v) is 9.88. The predicted octanol–water partition coefficient (Wildman–Crippen LogP) is 1.18. The zero-order chi connectivity index (χ0) is 24.4. The van der Waals surface area contributed by atoms with E-state index in [9.17, 15) is 19.5 Å². The van der Waals surface area contributed by atoms with Gasteiger partial charge in [-0.2, -0.15) is 0 Å². The molecule has 4 heterocycles. The van der Waals surface area contributed by atoms with Gasteiger partial charge in [0.1, 0.15) is 6.04 Å². The number of pyridine rings is 1. The van der Waals surface area contributed by atoms with E-state index in [1.54, 1.807) is 21.6 Å². The average Bonchev–Trinajstić information content (AvgIpc) is 3.50. The molecule has 2 fully saturated rings. The molecule has 4 atom stereocenters. The normalized spacial score (nSPS) is 26.3. The maximum absolute atomic E-state index is 13.4. The van der Waals surface area contributed by atoms with Crippen molar-refractivity contribution in [3.05, 3.63) is 39.8 Å². The second-order valence-electron chi connectivity index (χ2n) is 9.88. The van der Waals surface area contributed by atoms with Crippen LogP contribution in [0.3, 0.4) is 0 Å². The predicted molar refractivity (Wildman–Crippen MR) is 130 cm³/mol. The first-order valence-corrected chi connectivity index (χ1v) is 12.4. The van der Waals surface area contributed by atoms with Crippen LogP contribution in [0.4, 0.5) is 4.79 Å². The highest BCUT2D eigenvalue weighted by Gasteiger charge is 2.57. The summed E-state index contributed by atoms with van der Waals surface area (Å²) in [5.41, 5.74) is 1.19. The lowest BCUT2D eigenvalue weighted by atomic mass is 9.88. The van der Waals surface area contributed by atoms with E-state index >= 15 is 0 Å². The number of urea groups is 1. The van der Waals surface area contributed by atoms with Crippen LogP contribution in [0.1, 0.15) is 50.9 Å². The highest BCUT2D eigenvalue weighted by Crippen LogP contribution is 2.49. The summed E-state index contributed by atoms with van der Waals surface area (Å²) in [5.74, 6) is -0.920. The Balaban J connectivity index is 1.64. The van der Waals surface area contributed by atoms with Crippen LogP contribution in [0.2, 0.25) is 0 Å². The second kappa shape index (κ2) is 10.3. The van der Waals surface area contributed by atoms with Crippen LogP contribution in [0, 0.1) is 11.8 Å². The van der Waals surface area contributed by atoms with Gasteiger partial charge in [-0.3, -0.25) is 9.59 Å². The maximum atomic E-state index is 13.4. The summed E-state index contributed by atoms with van der Waals surface area (Å²) in [7, 11) is 0. The van der Waals surface area contributed by atoms with Gasteiger partial charge in [0.2, 0.25) is 5.91 Å². The Hall–Kier alpha value is -2.65. The van der Waals surface area contributed by atoms with E-state index in [0.717, 1.165) is 19.6 Å². The number of hydrogen-bond acceptors (Lipinski definition) is 5. The number of fused-ring (bicyclic) bond motifs is 3. The minimum atomic E-state index is -0.795. The Kier molecular flexibility index (Phi) is 7.42. The van der Waals surface area contributed by atoms with E-state index < -0.39 is 18.0 Å². The van der Waals surface area contributed by atoms with Gasteiger partial charge in [0.15, 0.2) is 0 Å². The smallest absolute Gasteiger partial charge is 0.318 e. The van der Waals surface area contributed by atoms with Crippen LogP contribution < -0.4 is 16.2 Å². The number of aliphatic hydroxyl groups is 1. The number of rotatable bonds is 7. The minimum absolute atomic E-state index is 0.112. The highest BCUT2D eigenvalue weighted by molar-refractivity contribution is 5.88. The molecule has 0 radical (unpaired) electrons. The highest BCUT2D eigenvalue weighted by atomic mass is 16.3. The van der Waals surface area contributed by atoms with Gasteiger partial charge in [-0.1, -0.05) is 12.2 Å². The molecule has 9 nitrogen and oxygen atoms in total. The van der Waals surface area contributed by atoms with Gasteiger partial charge in [0.05, 0.1) is 6.04 Å². The van der Waals surface area contributed by atoms with Crippen molar-refractivity contribution < 1.29 is 14.7 Å². The molecule has 34 heavy (non-hydrogen) atoms. The number of likely N-dealkylation sites (tertiary alicyclic amines) is 2. The molecule has 0 aromatic carbocycles. The third kappa shape index (κ3) is 4.51. The molecule has 3 N–H and O–H groups in total. The number of hydrogen-bond donors (Lipinski definition) is 3. The molecule has 0 unspecified atom stereocenters. The molecule has 0 spiro atoms. The molecule has 1 aromatic rings. The van der Waals surface area contributed by atoms with Crippen LogP contribution in [-0.4, -0.2) is 76.3 Å². The summed E-state index contributed by atoms with van der Waals surface area (Å²) >= 11 is 0. The molecule has 1 aromatic heterocycles. The first-order valence-electron chi connectivity index (χ1n) is 12.4. The van der Waals surface area contributed by atoms with Gasteiger partial charge >= 0.3 is 6.03 Å². The van der Waals surface area contributed by atoms with Crippen LogP contribution in [-0.2, 0) is 11.3 Å². The van der Waals surface area contributed by atoms with E-state index in [-0.39, 0.29) is 36.1 Å². The lowest BCUT2D eigenvalue weighted by molar-refractivity contribution is -0.126. The average molecular weight is 472 g/mol. The Morgan fingerprint density at radius 3 is 2.62 bits per heavy atom. The monoisotopic (exact) mass is 471 g/mol. The molecular formula is C25H37N5O4. The zero-order valence-electron chi connectivity index (χ0n) is 20.4. The van der Waals surface area contributed by atoms with Crippen LogP contribution in [0.25, 0.3) is 6.08 Å².